The van der Waals surface area contributed by atoms with E-state index in [4.69, 9.17) is 9.29 Å². The van der Waals surface area contributed by atoms with Crippen molar-refractivity contribution in [3.8, 4) is 0 Å². The van der Waals surface area contributed by atoms with E-state index < -0.39 is 51.1 Å². The Morgan fingerprint density at radius 2 is 1.67 bits per heavy atom. The summed E-state index contributed by atoms with van der Waals surface area (Å²) < 4.78 is 87.3. The quantitative estimate of drug-likeness (QED) is 0.375. The molecule has 4 bridgehead atoms. The molecule has 2 unspecified atom stereocenters. The lowest BCUT2D eigenvalue weighted by molar-refractivity contribution is -0.189. The van der Waals surface area contributed by atoms with Crippen LogP contribution in [-0.4, -0.2) is 47.4 Å². The Morgan fingerprint density at radius 1 is 1.11 bits per heavy atom. The first-order chi connectivity index (χ1) is 12.2. The van der Waals surface area contributed by atoms with Crippen LogP contribution in [0.5, 0.6) is 0 Å². The zero-order valence-corrected chi connectivity index (χ0v) is 15.3. The highest BCUT2D eigenvalue weighted by molar-refractivity contribution is 7.87. The molecule has 0 radical (unpaired) electrons. The summed E-state index contributed by atoms with van der Waals surface area (Å²) in [5.74, 6) is -5.61. The summed E-state index contributed by atoms with van der Waals surface area (Å²) in [6.07, 6.45) is 1.50. The Hall–Kier alpha value is -0.940. The van der Waals surface area contributed by atoms with Gasteiger partial charge in [0.2, 0.25) is 0 Å². The fourth-order valence-corrected chi connectivity index (χ4v) is 5.95. The molecule has 0 saturated heterocycles. The van der Waals surface area contributed by atoms with Crippen molar-refractivity contribution in [1.29, 1.82) is 0 Å². The van der Waals surface area contributed by atoms with Gasteiger partial charge < -0.3 is 9.84 Å². The summed E-state index contributed by atoms with van der Waals surface area (Å²) in [5, 5.41) is 4.91. The van der Waals surface area contributed by atoms with E-state index in [1.807, 2.05) is 0 Å². The van der Waals surface area contributed by atoms with Gasteiger partial charge in [-0.25, -0.2) is 0 Å². The molecule has 4 fully saturated rings. The molecule has 27 heavy (non-hydrogen) atoms. The van der Waals surface area contributed by atoms with Gasteiger partial charge in [-0.3, -0.25) is 9.35 Å². The Balaban J connectivity index is 1.55. The number of carbonyl (C=O) groups excluding carboxylic acids is 1. The van der Waals surface area contributed by atoms with Gasteiger partial charge in [-0.15, -0.1) is 0 Å². The van der Waals surface area contributed by atoms with E-state index in [0.29, 0.717) is 31.1 Å². The number of carbonyl (C=O) groups is 1. The lowest BCUT2D eigenvalue weighted by Gasteiger charge is -2.59. The number of esters is 1. The van der Waals surface area contributed by atoms with Gasteiger partial charge in [0.15, 0.2) is 0 Å². The van der Waals surface area contributed by atoms with Crippen molar-refractivity contribution in [2.24, 2.45) is 17.3 Å². The predicted molar refractivity (Wildman–Crippen MR) is 83.7 cm³/mol. The number of aliphatic hydroxyl groups is 1. The highest BCUT2D eigenvalue weighted by Gasteiger charge is 2.65. The minimum Gasteiger partial charge on any atom is -0.465 e. The third-order valence-corrected chi connectivity index (χ3v) is 7.03. The molecule has 4 saturated carbocycles. The second kappa shape index (κ2) is 6.28. The zero-order valence-electron chi connectivity index (χ0n) is 14.5. The van der Waals surface area contributed by atoms with Crippen LogP contribution in [0.1, 0.15) is 51.4 Å². The fourth-order valence-electron chi connectivity index (χ4n) is 5.47. The second-order valence-corrected chi connectivity index (χ2v) is 10.0. The van der Waals surface area contributed by atoms with E-state index in [2.05, 4.69) is 0 Å². The summed E-state index contributed by atoms with van der Waals surface area (Å²) in [7, 11) is -6.32. The zero-order chi connectivity index (χ0) is 20.3. The van der Waals surface area contributed by atoms with Crippen molar-refractivity contribution < 1.29 is 45.2 Å². The van der Waals surface area contributed by atoms with Crippen molar-refractivity contribution in [1.82, 2.24) is 0 Å². The van der Waals surface area contributed by atoms with Gasteiger partial charge in [-0.2, -0.15) is 26.0 Å². The Kier molecular flexibility index (Phi) is 4.84. The number of rotatable bonds is 7. The molecule has 0 spiro atoms. The Bertz CT molecular complexity index is 708. The average molecular weight is 418 g/mol. The molecule has 0 aromatic heterocycles. The van der Waals surface area contributed by atoms with Gasteiger partial charge in [0.05, 0.1) is 18.6 Å². The first-order valence-corrected chi connectivity index (χ1v) is 10.2. The number of hydrogen-bond donors (Lipinski definition) is 2. The number of hydrogen-bond acceptors (Lipinski definition) is 5. The summed E-state index contributed by atoms with van der Waals surface area (Å²) in [6.45, 7) is -0.0819. The largest absolute Gasteiger partial charge is 0.465 e. The van der Waals surface area contributed by atoms with Crippen molar-refractivity contribution in [2.75, 3.05) is 6.61 Å². The normalized spacial score (nSPS) is 36.1. The molecule has 0 aliphatic heterocycles. The van der Waals surface area contributed by atoms with Crippen molar-refractivity contribution >= 4 is 16.1 Å². The third kappa shape index (κ3) is 3.82. The molecule has 4 atom stereocenters. The van der Waals surface area contributed by atoms with E-state index in [1.54, 1.807) is 0 Å². The van der Waals surface area contributed by atoms with E-state index in [9.17, 15) is 35.9 Å². The molecule has 0 aromatic rings. The monoisotopic (exact) mass is 418 g/mol. The minimum absolute atomic E-state index is 0.0819. The molecule has 4 aliphatic rings. The van der Waals surface area contributed by atoms with Crippen molar-refractivity contribution in [3.63, 3.8) is 0 Å². The third-order valence-electron chi connectivity index (χ3n) is 6.08. The smallest absolute Gasteiger partial charge is 0.431 e. The number of ether oxygens (including phenoxy) is 1. The summed E-state index contributed by atoms with van der Waals surface area (Å²) in [4.78, 5) is 11.8. The highest BCUT2D eigenvalue weighted by atomic mass is 32.2. The van der Waals surface area contributed by atoms with E-state index in [0.717, 1.165) is 19.3 Å². The fraction of sp³-hybridized carbons (Fsp3) is 0.938. The predicted octanol–water partition coefficient (Wildman–Crippen LogP) is 2.76. The molecule has 156 valence electrons. The number of alkyl halides is 4. The molecule has 0 heterocycles. The Labute approximate surface area is 154 Å². The maximum absolute atomic E-state index is 13.4. The molecule has 4 aliphatic carbocycles. The van der Waals surface area contributed by atoms with Gasteiger partial charge in [0.25, 0.3) is 0 Å². The standard InChI is InChI=1S/C16H22F4O6S/c17-15(18,16(19,20)27(23,24)25)2-1-12(21)26-9-13-4-10-3-11(5-13)7-14(22,6-10)8-13/h10-11,22H,1-9H2,(H,23,24,25)/t10-,11+,13?,14?. The molecular formula is C16H22F4O6S. The minimum atomic E-state index is -6.32. The van der Waals surface area contributed by atoms with E-state index in [-0.39, 0.29) is 6.61 Å². The van der Waals surface area contributed by atoms with Crippen LogP contribution in [0.25, 0.3) is 0 Å². The number of halogens is 4. The SMILES string of the molecule is O=C(CCC(F)(F)C(F)(F)S(=O)(=O)O)OCC12C[C@@H]3C[C@@H](CC(O)(C3)C1)C2. The van der Waals surface area contributed by atoms with Crippen molar-refractivity contribution in [3.05, 3.63) is 0 Å². The van der Waals surface area contributed by atoms with E-state index >= 15 is 0 Å². The van der Waals surface area contributed by atoms with Gasteiger partial charge in [-0.1, -0.05) is 0 Å². The van der Waals surface area contributed by atoms with Crippen LogP contribution in [-0.2, 0) is 19.6 Å². The van der Waals surface area contributed by atoms with Crippen LogP contribution in [0.3, 0.4) is 0 Å². The lowest BCUT2D eigenvalue weighted by Crippen LogP contribution is -2.57. The molecule has 4 rings (SSSR count). The van der Waals surface area contributed by atoms with Crippen LogP contribution in [0.4, 0.5) is 17.6 Å². The first-order valence-electron chi connectivity index (χ1n) is 8.78. The van der Waals surface area contributed by atoms with Gasteiger partial charge in [0.1, 0.15) is 0 Å². The topological polar surface area (TPSA) is 101 Å². The molecule has 0 amide bonds. The molecular weight excluding hydrogens is 396 g/mol. The van der Waals surface area contributed by atoms with Crippen LogP contribution < -0.4 is 0 Å². The van der Waals surface area contributed by atoms with Gasteiger partial charge in [-0.05, 0) is 50.4 Å². The van der Waals surface area contributed by atoms with Crippen LogP contribution in [0.2, 0.25) is 0 Å². The van der Waals surface area contributed by atoms with Gasteiger partial charge >= 0.3 is 27.3 Å². The summed E-state index contributed by atoms with van der Waals surface area (Å²) in [6, 6.07) is 0. The van der Waals surface area contributed by atoms with Crippen LogP contribution in [0, 0.1) is 17.3 Å². The molecule has 6 nitrogen and oxygen atoms in total. The summed E-state index contributed by atoms with van der Waals surface area (Å²) >= 11 is 0. The highest BCUT2D eigenvalue weighted by Crippen LogP contribution is 2.61. The Morgan fingerprint density at radius 3 is 2.15 bits per heavy atom. The van der Waals surface area contributed by atoms with Crippen molar-refractivity contribution in [2.45, 2.75) is 68.1 Å². The van der Waals surface area contributed by atoms with Crippen LogP contribution in [0.15, 0.2) is 0 Å². The molecule has 11 heteroatoms. The maximum atomic E-state index is 13.4. The first kappa shape index (κ1) is 20.8. The average Bonchev–Trinajstić information content (AvgIpc) is 2.47. The second-order valence-electron chi connectivity index (χ2n) is 8.54. The maximum Gasteiger partial charge on any atom is 0.431 e. The van der Waals surface area contributed by atoms with Crippen LogP contribution >= 0.6 is 0 Å². The lowest BCUT2D eigenvalue weighted by atomic mass is 9.48. The summed E-state index contributed by atoms with van der Waals surface area (Å²) in [5.41, 5.74) is -1.21. The van der Waals surface area contributed by atoms with Gasteiger partial charge in [0, 0.05) is 11.8 Å². The molecule has 0 aromatic carbocycles. The molecule has 2 N–H and O–H groups in total. The van der Waals surface area contributed by atoms with E-state index in [1.165, 1.54) is 0 Å².